The topological polar surface area (TPSA) is 122 Å². The number of nitrogens with one attached hydrogen (secondary N) is 2. The van der Waals surface area contributed by atoms with E-state index in [1.54, 1.807) is 13.8 Å². The molecule has 0 heterocycles. The molecule has 7 heteroatoms. The second-order valence-corrected chi connectivity index (χ2v) is 4.65. The summed E-state index contributed by atoms with van der Waals surface area (Å²) in [6, 6.07) is -1.76. The fourth-order valence-corrected chi connectivity index (χ4v) is 1.04. The summed E-state index contributed by atoms with van der Waals surface area (Å²) >= 11 is 0. The molecule has 7 nitrogen and oxygen atoms in total. The number of carbonyl (C=O) groups is 3. The van der Waals surface area contributed by atoms with E-state index in [0.29, 0.717) is 0 Å². The molecule has 0 aromatic carbocycles. The van der Waals surface area contributed by atoms with Crippen LogP contribution in [0, 0.1) is 5.92 Å². The number of nitrogens with two attached hydrogens (primary N) is 1. The van der Waals surface area contributed by atoms with Crippen molar-refractivity contribution in [3.63, 3.8) is 0 Å². The van der Waals surface area contributed by atoms with Crippen molar-refractivity contribution in [1.82, 2.24) is 10.6 Å². The number of hydrogen-bond donors (Lipinski definition) is 4. The molecule has 0 aliphatic carbocycles. The molecular weight excluding hydrogens is 226 g/mol. The summed E-state index contributed by atoms with van der Waals surface area (Å²) in [4.78, 5) is 33.3. The Hall–Kier alpha value is -1.79. The molecule has 0 radical (unpaired) electrons. The normalized spacial score (nSPS) is 13.0. The molecule has 0 spiro atoms. The zero-order valence-corrected chi connectivity index (χ0v) is 10.4. The Morgan fingerprint density at radius 3 is 2.00 bits per heavy atom. The van der Waals surface area contributed by atoms with Gasteiger partial charge in [0, 0.05) is 0 Å². The van der Waals surface area contributed by atoms with Gasteiger partial charge in [0.25, 0.3) is 0 Å². The summed E-state index contributed by atoms with van der Waals surface area (Å²) in [5, 5.41) is 13.4. The van der Waals surface area contributed by atoms with Gasteiger partial charge in [0.1, 0.15) is 11.6 Å². The zero-order valence-electron chi connectivity index (χ0n) is 10.4. The molecule has 0 aliphatic heterocycles. The molecule has 0 saturated heterocycles. The monoisotopic (exact) mass is 245 g/mol. The van der Waals surface area contributed by atoms with Gasteiger partial charge in [0.2, 0.25) is 5.91 Å². The van der Waals surface area contributed by atoms with Gasteiger partial charge in [-0.05, 0) is 19.8 Å². The van der Waals surface area contributed by atoms with Crippen molar-refractivity contribution in [2.75, 3.05) is 0 Å². The number of primary amides is 1. The first-order chi connectivity index (χ1) is 7.58. The third-order valence-corrected chi connectivity index (χ3v) is 2.26. The van der Waals surface area contributed by atoms with Gasteiger partial charge in [-0.2, -0.15) is 0 Å². The highest BCUT2D eigenvalue weighted by Gasteiger charge is 2.29. The van der Waals surface area contributed by atoms with Crippen LogP contribution in [0.4, 0.5) is 4.79 Å². The molecule has 0 fully saturated rings. The first-order valence-corrected chi connectivity index (χ1v) is 5.19. The standard InChI is InChI=1S/C10H19N3O4/c1-5(2)6(7(14)15)12-9(17)13-10(3,4)8(11)16/h5-6H,1-4H3,(H2,11,16)(H,14,15)(H2,12,13,17). The number of carbonyl (C=O) groups excluding carboxylic acids is 2. The maximum absolute atomic E-state index is 11.5. The molecule has 0 bridgehead atoms. The quantitative estimate of drug-likeness (QED) is 0.529. The van der Waals surface area contributed by atoms with Crippen molar-refractivity contribution in [2.24, 2.45) is 11.7 Å². The highest BCUT2D eigenvalue weighted by molar-refractivity contribution is 5.90. The lowest BCUT2D eigenvalue weighted by Crippen LogP contribution is -2.58. The molecule has 98 valence electrons. The smallest absolute Gasteiger partial charge is 0.326 e. The van der Waals surface area contributed by atoms with Gasteiger partial charge in [-0.25, -0.2) is 9.59 Å². The van der Waals surface area contributed by atoms with Crippen molar-refractivity contribution in [3.8, 4) is 0 Å². The van der Waals surface area contributed by atoms with Crippen LogP contribution in [0.1, 0.15) is 27.7 Å². The molecular formula is C10H19N3O4. The molecule has 1 atom stereocenters. The van der Waals surface area contributed by atoms with Crippen LogP contribution in [-0.4, -0.2) is 34.6 Å². The minimum absolute atomic E-state index is 0.269. The number of aliphatic carboxylic acids is 1. The van der Waals surface area contributed by atoms with Crippen LogP contribution in [0.25, 0.3) is 0 Å². The highest BCUT2D eigenvalue weighted by Crippen LogP contribution is 2.03. The van der Waals surface area contributed by atoms with Crippen LogP contribution in [0.5, 0.6) is 0 Å². The molecule has 0 saturated carbocycles. The van der Waals surface area contributed by atoms with Crippen LogP contribution in [0.3, 0.4) is 0 Å². The van der Waals surface area contributed by atoms with E-state index in [0.717, 1.165) is 0 Å². The van der Waals surface area contributed by atoms with Crippen LogP contribution >= 0.6 is 0 Å². The molecule has 3 amide bonds. The predicted molar refractivity (Wildman–Crippen MR) is 61.2 cm³/mol. The van der Waals surface area contributed by atoms with Gasteiger partial charge in [0.15, 0.2) is 0 Å². The number of urea groups is 1. The average Bonchev–Trinajstić information content (AvgIpc) is 2.12. The van der Waals surface area contributed by atoms with E-state index in [4.69, 9.17) is 10.8 Å². The fraction of sp³-hybridized carbons (Fsp3) is 0.700. The van der Waals surface area contributed by atoms with E-state index in [-0.39, 0.29) is 5.92 Å². The number of amides is 3. The second-order valence-electron chi connectivity index (χ2n) is 4.65. The fourth-order valence-electron chi connectivity index (χ4n) is 1.04. The minimum atomic E-state index is -1.23. The molecule has 1 unspecified atom stereocenters. The maximum Gasteiger partial charge on any atom is 0.326 e. The van der Waals surface area contributed by atoms with Crippen LogP contribution < -0.4 is 16.4 Å². The SMILES string of the molecule is CC(C)C(NC(=O)NC(C)(C)C(N)=O)C(=O)O. The average molecular weight is 245 g/mol. The highest BCUT2D eigenvalue weighted by atomic mass is 16.4. The summed E-state index contributed by atoms with van der Waals surface area (Å²) < 4.78 is 0. The van der Waals surface area contributed by atoms with Crippen LogP contribution in [-0.2, 0) is 9.59 Å². The Morgan fingerprint density at radius 2 is 1.71 bits per heavy atom. The molecule has 0 aromatic heterocycles. The number of carboxylic acid groups (broad SMARTS) is 1. The lowest BCUT2D eigenvalue weighted by atomic mass is 10.0. The lowest BCUT2D eigenvalue weighted by molar-refractivity contribution is -0.140. The molecule has 0 aromatic rings. The van der Waals surface area contributed by atoms with E-state index in [2.05, 4.69) is 10.6 Å². The van der Waals surface area contributed by atoms with E-state index < -0.39 is 29.5 Å². The Morgan fingerprint density at radius 1 is 1.24 bits per heavy atom. The first-order valence-electron chi connectivity index (χ1n) is 5.19. The zero-order chi connectivity index (χ0) is 13.8. The van der Waals surface area contributed by atoms with Crippen molar-refractivity contribution in [2.45, 2.75) is 39.3 Å². The lowest BCUT2D eigenvalue weighted by Gasteiger charge is -2.25. The van der Waals surface area contributed by atoms with Gasteiger partial charge in [0.05, 0.1) is 0 Å². The van der Waals surface area contributed by atoms with Gasteiger partial charge in [-0.3, -0.25) is 4.79 Å². The molecule has 0 aliphatic rings. The van der Waals surface area contributed by atoms with Crippen molar-refractivity contribution in [1.29, 1.82) is 0 Å². The Bertz CT molecular complexity index is 326. The number of rotatable bonds is 5. The Balaban J connectivity index is 4.55. The first kappa shape index (κ1) is 15.2. The van der Waals surface area contributed by atoms with Crippen LogP contribution in [0.2, 0.25) is 0 Å². The summed E-state index contributed by atoms with van der Waals surface area (Å²) in [5.74, 6) is -2.11. The largest absolute Gasteiger partial charge is 0.480 e. The van der Waals surface area contributed by atoms with Gasteiger partial charge >= 0.3 is 12.0 Å². The van der Waals surface area contributed by atoms with Gasteiger partial charge in [-0.1, -0.05) is 13.8 Å². The van der Waals surface area contributed by atoms with Crippen molar-refractivity contribution < 1.29 is 19.5 Å². The summed E-state index contributed by atoms with van der Waals surface area (Å²) in [5.41, 5.74) is 3.84. The molecule has 0 rings (SSSR count). The van der Waals surface area contributed by atoms with E-state index >= 15 is 0 Å². The Kier molecular flexibility index (Phi) is 4.93. The van der Waals surface area contributed by atoms with E-state index in [9.17, 15) is 14.4 Å². The third kappa shape index (κ3) is 4.71. The minimum Gasteiger partial charge on any atom is -0.480 e. The predicted octanol–water partition coefficient (Wildman–Crippen LogP) is -0.341. The third-order valence-electron chi connectivity index (χ3n) is 2.26. The van der Waals surface area contributed by atoms with Crippen LogP contribution in [0.15, 0.2) is 0 Å². The van der Waals surface area contributed by atoms with Gasteiger partial charge in [-0.15, -0.1) is 0 Å². The number of hydrogen-bond acceptors (Lipinski definition) is 3. The summed E-state index contributed by atoms with van der Waals surface area (Å²) in [6.45, 7) is 6.19. The summed E-state index contributed by atoms with van der Waals surface area (Å²) in [7, 11) is 0. The maximum atomic E-state index is 11.5. The van der Waals surface area contributed by atoms with Gasteiger partial charge < -0.3 is 21.5 Å². The summed E-state index contributed by atoms with van der Waals surface area (Å²) in [6.07, 6.45) is 0. The molecule has 5 N–H and O–H groups in total. The van der Waals surface area contributed by atoms with E-state index in [1.165, 1.54) is 13.8 Å². The molecule has 17 heavy (non-hydrogen) atoms. The van der Waals surface area contributed by atoms with E-state index in [1.807, 2.05) is 0 Å². The number of carboxylic acids is 1. The Labute approximate surface area is 99.7 Å². The second kappa shape index (κ2) is 5.51. The van der Waals surface area contributed by atoms with Crippen molar-refractivity contribution in [3.05, 3.63) is 0 Å². The van der Waals surface area contributed by atoms with Crippen molar-refractivity contribution >= 4 is 17.9 Å².